The number of ether oxygens (including phenoxy) is 3. The molecule has 1 unspecified atom stereocenters. The zero-order chi connectivity index (χ0) is 22.4. The Hall–Kier alpha value is -3.13. The minimum absolute atomic E-state index is 0.0424. The molecule has 1 amide bonds. The van der Waals surface area contributed by atoms with Crippen molar-refractivity contribution in [2.75, 3.05) is 38.7 Å². The lowest BCUT2D eigenvalue weighted by molar-refractivity contribution is -0.122. The van der Waals surface area contributed by atoms with Gasteiger partial charge in [-0.2, -0.15) is 9.57 Å². The average molecular weight is 445 g/mol. The summed E-state index contributed by atoms with van der Waals surface area (Å²) in [4.78, 5) is 12.7. The van der Waals surface area contributed by atoms with Gasteiger partial charge in [-0.15, -0.1) is 0 Å². The summed E-state index contributed by atoms with van der Waals surface area (Å²) in [6, 6.07) is 12.7. The molecule has 2 aromatic carbocycles. The van der Waals surface area contributed by atoms with Gasteiger partial charge in [0.1, 0.15) is 11.5 Å². The molecule has 2 aromatic rings. The van der Waals surface area contributed by atoms with E-state index >= 15 is 0 Å². The largest absolute Gasteiger partial charge is 0.495 e. The number of hydrogen-bond donors (Lipinski definition) is 1. The first-order chi connectivity index (χ1) is 14.8. The van der Waals surface area contributed by atoms with E-state index in [-0.39, 0.29) is 23.7 Å². The predicted octanol–water partition coefficient (Wildman–Crippen LogP) is 1.99. The zero-order valence-electron chi connectivity index (χ0n) is 17.2. The fourth-order valence-corrected chi connectivity index (χ4v) is 4.45. The van der Waals surface area contributed by atoms with Gasteiger partial charge >= 0.3 is 0 Å². The van der Waals surface area contributed by atoms with Crippen molar-refractivity contribution < 1.29 is 27.4 Å². The van der Waals surface area contributed by atoms with Gasteiger partial charge in [-0.1, -0.05) is 6.07 Å². The van der Waals surface area contributed by atoms with Crippen molar-refractivity contribution in [2.45, 2.75) is 17.9 Å². The van der Waals surface area contributed by atoms with Crippen molar-refractivity contribution in [2.24, 2.45) is 0 Å². The Morgan fingerprint density at radius 1 is 1.23 bits per heavy atom. The molecule has 0 saturated carbocycles. The molecule has 164 valence electrons. The number of rotatable bonds is 7. The third-order valence-electron chi connectivity index (χ3n) is 4.68. The fourth-order valence-electron chi connectivity index (χ4n) is 3.01. The van der Waals surface area contributed by atoms with Crippen molar-refractivity contribution in [3.05, 3.63) is 48.0 Å². The molecule has 0 aliphatic carbocycles. The molecule has 0 bridgehead atoms. The molecule has 1 atom stereocenters. The Morgan fingerprint density at radius 2 is 1.97 bits per heavy atom. The summed E-state index contributed by atoms with van der Waals surface area (Å²) in [5.41, 5.74) is 0.621. The minimum Gasteiger partial charge on any atom is -0.495 e. The van der Waals surface area contributed by atoms with E-state index < -0.39 is 22.0 Å². The molecule has 1 fully saturated rings. The van der Waals surface area contributed by atoms with Crippen molar-refractivity contribution in [3.63, 3.8) is 0 Å². The first-order valence-corrected chi connectivity index (χ1v) is 11.0. The molecule has 31 heavy (non-hydrogen) atoms. The van der Waals surface area contributed by atoms with Crippen LogP contribution in [0.25, 0.3) is 0 Å². The quantitative estimate of drug-likeness (QED) is 0.692. The summed E-state index contributed by atoms with van der Waals surface area (Å²) in [5.74, 6) is 0.187. The average Bonchev–Trinajstić information content (AvgIpc) is 2.79. The van der Waals surface area contributed by atoms with E-state index in [1.807, 2.05) is 6.07 Å². The van der Waals surface area contributed by atoms with E-state index in [2.05, 4.69) is 5.32 Å². The Kier molecular flexibility index (Phi) is 7.12. The number of sulfonamides is 1. The molecule has 9 nitrogen and oxygen atoms in total. The van der Waals surface area contributed by atoms with Gasteiger partial charge in [0.25, 0.3) is 5.91 Å². The third kappa shape index (κ3) is 5.32. The number of methoxy groups -OCH3 is 1. The molecule has 1 heterocycles. The third-order valence-corrected chi connectivity index (χ3v) is 6.58. The number of nitrogens with one attached hydrogen (secondary N) is 1. The van der Waals surface area contributed by atoms with Crippen LogP contribution in [-0.4, -0.2) is 58.1 Å². The highest BCUT2D eigenvalue weighted by Crippen LogP contribution is 2.29. The summed E-state index contributed by atoms with van der Waals surface area (Å²) < 4.78 is 43.3. The van der Waals surface area contributed by atoms with Crippen LogP contribution in [0.5, 0.6) is 11.5 Å². The van der Waals surface area contributed by atoms with Crippen LogP contribution in [0.3, 0.4) is 0 Å². The van der Waals surface area contributed by atoms with Gasteiger partial charge in [0.15, 0.2) is 6.10 Å². The topological polar surface area (TPSA) is 118 Å². The highest BCUT2D eigenvalue weighted by atomic mass is 32.2. The van der Waals surface area contributed by atoms with Crippen LogP contribution in [0.15, 0.2) is 47.4 Å². The molecule has 10 heteroatoms. The van der Waals surface area contributed by atoms with Gasteiger partial charge in [-0.25, -0.2) is 8.42 Å². The first-order valence-electron chi connectivity index (χ1n) is 9.59. The maximum Gasteiger partial charge on any atom is 0.265 e. The van der Waals surface area contributed by atoms with E-state index in [0.29, 0.717) is 30.3 Å². The highest BCUT2D eigenvalue weighted by Gasteiger charge is 2.27. The molecule has 3 rings (SSSR count). The molecule has 1 aliphatic heterocycles. The Morgan fingerprint density at radius 3 is 2.65 bits per heavy atom. The second-order valence-electron chi connectivity index (χ2n) is 6.77. The Labute approximate surface area is 181 Å². The van der Waals surface area contributed by atoms with Crippen LogP contribution < -0.4 is 14.8 Å². The smallest absolute Gasteiger partial charge is 0.265 e. The summed E-state index contributed by atoms with van der Waals surface area (Å²) in [5, 5.41) is 11.6. The van der Waals surface area contributed by atoms with Crippen LogP contribution >= 0.6 is 0 Å². The summed E-state index contributed by atoms with van der Waals surface area (Å²) in [6.45, 7) is 2.75. The van der Waals surface area contributed by atoms with Crippen molar-refractivity contribution in [1.29, 1.82) is 5.26 Å². The summed E-state index contributed by atoms with van der Waals surface area (Å²) >= 11 is 0. The fraction of sp³-hybridized carbons (Fsp3) is 0.333. The van der Waals surface area contributed by atoms with Gasteiger partial charge in [-0.05, 0) is 43.3 Å². The number of anilines is 1. The lowest BCUT2D eigenvalue weighted by Crippen LogP contribution is -2.40. The minimum atomic E-state index is -3.74. The van der Waals surface area contributed by atoms with E-state index in [1.165, 1.54) is 35.7 Å². The maximum absolute atomic E-state index is 12.9. The molecule has 0 radical (unpaired) electrons. The number of benzene rings is 2. The molecule has 1 saturated heterocycles. The van der Waals surface area contributed by atoms with Crippen LogP contribution in [0.1, 0.15) is 12.5 Å². The van der Waals surface area contributed by atoms with Gasteiger partial charge in [0.05, 0.1) is 42.5 Å². The van der Waals surface area contributed by atoms with Gasteiger partial charge < -0.3 is 19.5 Å². The lowest BCUT2D eigenvalue weighted by atomic mass is 10.2. The predicted molar refractivity (Wildman–Crippen MR) is 112 cm³/mol. The molecular weight excluding hydrogens is 422 g/mol. The SMILES string of the molecule is COc1ccc(S(=O)(=O)N2CCOCC2)cc1NC(=O)C(C)Oc1cccc(C#N)c1. The van der Waals surface area contributed by atoms with Crippen LogP contribution in [0.4, 0.5) is 5.69 Å². The second kappa shape index (κ2) is 9.78. The number of carbonyl (C=O) groups is 1. The number of nitrogens with zero attached hydrogens (tertiary/aromatic N) is 2. The summed E-state index contributed by atoms with van der Waals surface area (Å²) in [6.07, 6.45) is -0.904. The highest BCUT2D eigenvalue weighted by molar-refractivity contribution is 7.89. The normalized spacial score (nSPS) is 15.5. The summed E-state index contributed by atoms with van der Waals surface area (Å²) in [7, 11) is -2.31. The van der Waals surface area contributed by atoms with Crippen LogP contribution in [-0.2, 0) is 19.6 Å². The molecule has 0 spiro atoms. The van der Waals surface area contributed by atoms with Crippen LogP contribution in [0, 0.1) is 11.3 Å². The Balaban J connectivity index is 1.78. The van der Waals surface area contributed by atoms with Crippen molar-refractivity contribution in [1.82, 2.24) is 4.31 Å². The van der Waals surface area contributed by atoms with Crippen molar-refractivity contribution >= 4 is 21.6 Å². The van der Waals surface area contributed by atoms with Gasteiger partial charge in [0, 0.05) is 13.1 Å². The van der Waals surface area contributed by atoms with Gasteiger partial charge in [0.2, 0.25) is 10.0 Å². The zero-order valence-corrected chi connectivity index (χ0v) is 18.0. The maximum atomic E-state index is 12.9. The lowest BCUT2D eigenvalue weighted by Gasteiger charge is -2.26. The van der Waals surface area contributed by atoms with E-state index in [1.54, 1.807) is 25.1 Å². The second-order valence-corrected chi connectivity index (χ2v) is 8.71. The first kappa shape index (κ1) is 22.6. The molecular formula is C21H23N3O6S. The van der Waals surface area contributed by atoms with E-state index in [0.717, 1.165) is 0 Å². The standard InChI is InChI=1S/C21H23N3O6S/c1-15(30-17-5-3-4-16(12-17)14-22)21(25)23-19-13-18(6-7-20(19)28-2)31(26,27)24-8-10-29-11-9-24/h3-7,12-13,15H,8-11H2,1-2H3,(H,23,25). The molecule has 1 aliphatic rings. The number of carbonyl (C=O) groups excluding carboxylic acids is 1. The van der Waals surface area contributed by atoms with Crippen LogP contribution in [0.2, 0.25) is 0 Å². The molecule has 1 N–H and O–H groups in total. The molecule has 0 aromatic heterocycles. The number of morpholine rings is 1. The monoisotopic (exact) mass is 445 g/mol. The van der Waals surface area contributed by atoms with E-state index in [4.69, 9.17) is 19.5 Å². The Bertz CT molecular complexity index is 1090. The van der Waals surface area contributed by atoms with E-state index in [9.17, 15) is 13.2 Å². The number of nitriles is 1. The van der Waals surface area contributed by atoms with Gasteiger partial charge in [-0.3, -0.25) is 4.79 Å². The number of hydrogen-bond acceptors (Lipinski definition) is 7. The number of amides is 1. The van der Waals surface area contributed by atoms with Crippen molar-refractivity contribution in [3.8, 4) is 17.6 Å².